The number of hydrogen-bond acceptors (Lipinski definition) is 2. The summed E-state index contributed by atoms with van der Waals surface area (Å²) in [5.41, 5.74) is 0.264. The van der Waals surface area contributed by atoms with Gasteiger partial charge in [0.25, 0.3) is 5.91 Å². The van der Waals surface area contributed by atoms with E-state index in [1.165, 1.54) is 12.1 Å². The molecule has 0 aliphatic carbocycles. The summed E-state index contributed by atoms with van der Waals surface area (Å²) in [7, 11) is 0. The van der Waals surface area contributed by atoms with Crippen LogP contribution in [-0.4, -0.2) is 23.5 Å². The molecule has 21 heavy (non-hydrogen) atoms. The Bertz CT molecular complexity index is 487. The standard InChI is InChI=1S/C15H19BrFNO3/c1-2-10(3-4-14(19)20)5-6-18-15(21)11-7-12(16)9-13(17)8-11/h7-10H,2-6H2,1H3,(H,18,21)(H,19,20). The second-order valence-corrected chi connectivity index (χ2v) is 5.83. The van der Waals surface area contributed by atoms with Crippen molar-refractivity contribution in [1.82, 2.24) is 5.32 Å². The van der Waals surface area contributed by atoms with Crippen LogP contribution >= 0.6 is 15.9 Å². The molecule has 1 aromatic carbocycles. The molecule has 1 aromatic rings. The summed E-state index contributed by atoms with van der Waals surface area (Å²) in [4.78, 5) is 22.4. The van der Waals surface area contributed by atoms with Crippen LogP contribution in [0, 0.1) is 11.7 Å². The van der Waals surface area contributed by atoms with Crippen molar-refractivity contribution in [3.63, 3.8) is 0 Å². The molecule has 2 N–H and O–H groups in total. The van der Waals surface area contributed by atoms with E-state index in [4.69, 9.17) is 5.11 Å². The third kappa shape index (κ3) is 6.71. The molecule has 0 aliphatic heterocycles. The first-order chi connectivity index (χ1) is 9.92. The van der Waals surface area contributed by atoms with Crippen LogP contribution in [0.2, 0.25) is 0 Å². The third-order valence-corrected chi connectivity index (χ3v) is 3.76. The van der Waals surface area contributed by atoms with Gasteiger partial charge in [0, 0.05) is 23.0 Å². The number of aliphatic carboxylic acids is 1. The minimum absolute atomic E-state index is 0.142. The van der Waals surface area contributed by atoms with E-state index in [0.29, 0.717) is 23.9 Å². The van der Waals surface area contributed by atoms with E-state index in [1.54, 1.807) is 6.07 Å². The highest BCUT2D eigenvalue weighted by molar-refractivity contribution is 9.10. The summed E-state index contributed by atoms with van der Waals surface area (Å²) in [5, 5.41) is 11.4. The van der Waals surface area contributed by atoms with Gasteiger partial charge in [-0.3, -0.25) is 9.59 Å². The van der Waals surface area contributed by atoms with Gasteiger partial charge >= 0.3 is 5.97 Å². The van der Waals surface area contributed by atoms with E-state index in [1.807, 2.05) is 6.92 Å². The highest BCUT2D eigenvalue weighted by Crippen LogP contribution is 2.16. The zero-order valence-corrected chi connectivity index (χ0v) is 13.5. The molecule has 1 amide bonds. The van der Waals surface area contributed by atoms with E-state index >= 15 is 0 Å². The SMILES string of the molecule is CCC(CCNC(=O)c1cc(F)cc(Br)c1)CCC(=O)O. The zero-order valence-electron chi connectivity index (χ0n) is 11.9. The topological polar surface area (TPSA) is 66.4 Å². The molecule has 0 bridgehead atoms. The van der Waals surface area contributed by atoms with Gasteiger partial charge in [-0.25, -0.2) is 4.39 Å². The Labute approximate surface area is 131 Å². The Morgan fingerprint density at radius 1 is 1.33 bits per heavy atom. The van der Waals surface area contributed by atoms with Crippen LogP contribution in [-0.2, 0) is 4.79 Å². The summed E-state index contributed by atoms with van der Waals surface area (Å²) in [6.45, 7) is 2.45. The molecule has 1 unspecified atom stereocenters. The Kier molecular flexibility index (Phi) is 7.36. The molecule has 0 saturated heterocycles. The fraction of sp³-hybridized carbons (Fsp3) is 0.467. The molecule has 0 heterocycles. The van der Waals surface area contributed by atoms with Crippen LogP contribution in [0.5, 0.6) is 0 Å². The molecule has 1 atom stereocenters. The maximum Gasteiger partial charge on any atom is 0.303 e. The Morgan fingerprint density at radius 3 is 2.62 bits per heavy atom. The number of carbonyl (C=O) groups excluding carboxylic acids is 1. The molecule has 4 nitrogen and oxygen atoms in total. The lowest BCUT2D eigenvalue weighted by Gasteiger charge is -2.14. The van der Waals surface area contributed by atoms with Gasteiger partial charge in [-0.05, 0) is 37.0 Å². The summed E-state index contributed by atoms with van der Waals surface area (Å²) in [5.74, 6) is -1.34. The van der Waals surface area contributed by atoms with E-state index < -0.39 is 11.8 Å². The van der Waals surface area contributed by atoms with E-state index in [2.05, 4.69) is 21.2 Å². The van der Waals surface area contributed by atoms with Crippen molar-refractivity contribution in [2.24, 2.45) is 5.92 Å². The van der Waals surface area contributed by atoms with Crippen LogP contribution in [0.1, 0.15) is 43.0 Å². The maximum absolute atomic E-state index is 13.2. The summed E-state index contributed by atoms with van der Waals surface area (Å²) in [6.07, 6.45) is 2.33. The quantitative estimate of drug-likeness (QED) is 0.745. The van der Waals surface area contributed by atoms with Crippen molar-refractivity contribution >= 4 is 27.8 Å². The predicted octanol–water partition coefficient (Wildman–Crippen LogP) is 3.60. The average molecular weight is 360 g/mol. The molecule has 0 aliphatic rings. The largest absolute Gasteiger partial charge is 0.481 e. The van der Waals surface area contributed by atoms with Gasteiger partial charge in [0.05, 0.1) is 0 Å². The van der Waals surface area contributed by atoms with Gasteiger partial charge in [-0.15, -0.1) is 0 Å². The van der Waals surface area contributed by atoms with Crippen molar-refractivity contribution < 1.29 is 19.1 Å². The number of carbonyl (C=O) groups is 2. The molecular weight excluding hydrogens is 341 g/mol. The molecule has 0 spiro atoms. The summed E-state index contributed by atoms with van der Waals surface area (Å²) < 4.78 is 13.7. The zero-order chi connectivity index (χ0) is 15.8. The van der Waals surface area contributed by atoms with Crippen LogP contribution in [0.15, 0.2) is 22.7 Å². The lowest BCUT2D eigenvalue weighted by molar-refractivity contribution is -0.137. The number of amides is 1. The fourth-order valence-corrected chi connectivity index (χ4v) is 2.52. The van der Waals surface area contributed by atoms with Crippen molar-refractivity contribution in [3.8, 4) is 0 Å². The predicted molar refractivity (Wildman–Crippen MR) is 81.7 cm³/mol. The Morgan fingerprint density at radius 2 is 2.05 bits per heavy atom. The van der Waals surface area contributed by atoms with E-state index in [9.17, 15) is 14.0 Å². The average Bonchev–Trinajstić information content (AvgIpc) is 2.41. The Balaban J connectivity index is 2.43. The second-order valence-electron chi connectivity index (χ2n) is 4.91. The molecule has 116 valence electrons. The van der Waals surface area contributed by atoms with Crippen molar-refractivity contribution in [2.75, 3.05) is 6.54 Å². The monoisotopic (exact) mass is 359 g/mol. The van der Waals surface area contributed by atoms with Gasteiger partial charge in [0.2, 0.25) is 0 Å². The summed E-state index contributed by atoms with van der Waals surface area (Å²) in [6, 6.07) is 4.03. The van der Waals surface area contributed by atoms with Gasteiger partial charge in [0.1, 0.15) is 5.82 Å². The second kappa shape index (κ2) is 8.77. The van der Waals surface area contributed by atoms with Crippen LogP contribution in [0.4, 0.5) is 4.39 Å². The molecule has 0 aromatic heterocycles. The first-order valence-corrected chi connectivity index (χ1v) is 7.67. The summed E-state index contributed by atoms with van der Waals surface area (Å²) >= 11 is 3.14. The highest BCUT2D eigenvalue weighted by Gasteiger charge is 2.11. The van der Waals surface area contributed by atoms with Gasteiger partial charge in [0.15, 0.2) is 0 Å². The van der Waals surface area contributed by atoms with Crippen molar-refractivity contribution in [1.29, 1.82) is 0 Å². The molecule has 0 saturated carbocycles. The smallest absolute Gasteiger partial charge is 0.303 e. The minimum Gasteiger partial charge on any atom is -0.481 e. The number of benzene rings is 1. The number of nitrogens with one attached hydrogen (secondary N) is 1. The van der Waals surface area contributed by atoms with Crippen LogP contribution in [0.3, 0.4) is 0 Å². The maximum atomic E-state index is 13.2. The molecule has 0 fully saturated rings. The number of hydrogen-bond donors (Lipinski definition) is 2. The molecule has 1 rings (SSSR count). The molecular formula is C15H19BrFNO3. The third-order valence-electron chi connectivity index (χ3n) is 3.31. The van der Waals surface area contributed by atoms with E-state index in [-0.39, 0.29) is 23.8 Å². The van der Waals surface area contributed by atoms with Gasteiger partial charge in [-0.1, -0.05) is 29.3 Å². The molecule has 6 heteroatoms. The molecule has 0 radical (unpaired) electrons. The number of carboxylic acids is 1. The van der Waals surface area contributed by atoms with Crippen LogP contribution < -0.4 is 5.32 Å². The first-order valence-electron chi connectivity index (χ1n) is 6.88. The lowest BCUT2D eigenvalue weighted by atomic mass is 9.96. The number of halogens is 2. The van der Waals surface area contributed by atoms with Gasteiger partial charge in [-0.2, -0.15) is 0 Å². The number of rotatable bonds is 8. The lowest BCUT2D eigenvalue weighted by Crippen LogP contribution is -2.26. The number of carboxylic acid groups (broad SMARTS) is 1. The van der Waals surface area contributed by atoms with Crippen LogP contribution in [0.25, 0.3) is 0 Å². The minimum atomic E-state index is -0.804. The van der Waals surface area contributed by atoms with E-state index in [0.717, 1.165) is 6.42 Å². The first kappa shape index (κ1) is 17.6. The van der Waals surface area contributed by atoms with Gasteiger partial charge < -0.3 is 10.4 Å². The highest BCUT2D eigenvalue weighted by atomic mass is 79.9. The Hall–Kier alpha value is -1.43. The normalized spacial score (nSPS) is 12.0. The van der Waals surface area contributed by atoms with Crippen molar-refractivity contribution in [3.05, 3.63) is 34.1 Å². The fourth-order valence-electron chi connectivity index (χ4n) is 2.06. The van der Waals surface area contributed by atoms with Crippen molar-refractivity contribution in [2.45, 2.75) is 32.6 Å².